The van der Waals surface area contributed by atoms with E-state index in [0.29, 0.717) is 19.4 Å². The first-order valence-corrected chi connectivity index (χ1v) is 9.01. The van der Waals surface area contributed by atoms with Gasteiger partial charge in [0.1, 0.15) is 5.60 Å². The predicted molar refractivity (Wildman–Crippen MR) is 93.8 cm³/mol. The number of rotatable bonds is 6. The minimum atomic E-state index is -1.21. The van der Waals surface area contributed by atoms with E-state index in [-0.39, 0.29) is 11.9 Å². The third-order valence-electron chi connectivity index (χ3n) is 5.83. The smallest absolute Gasteiger partial charge is 0.230 e. The molecule has 1 spiro atoms. The van der Waals surface area contributed by atoms with Crippen LogP contribution in [0.25, 0.3) is 0 Å². The Morgan fingerprint density at radius 3 is 2.73 bits per heavy atom. The van der Waals surface area contributed by atoms with Crippen molar-refractivity contribution in [3.8, 4) is 0 Å². The Hall–Kier alpha value is -2.40. The lowest BCUT2D eigenvalue weighted by Gasteiger charge is -2.33. The molecule has 4 rings (SSSR count). The summed E-state index contributed by atoms with van der Waals surface area (Å²) in [7, 11) is 0. The summed E-state index contributed by atoms with van der Waals surface area (Å²) < 4.78 is 6.09. The van der Waals surface area contributed by atoms with Crippen LogP contribution in [0.3, 0.4) is 0 Å². The Balaban J connectivity index is 1.65. The number of ether oxygens (including phenoxy) is 1. The standard InChI is InChI=1S/C21H23NO4/c1-13(2)12-16-21-10-8-15(26-21)17(20(24)25)18(21)19(23)22(16)11-9-14-6-4-3-5-7-14/h3-8,10,15-18H,1,9,11-12H2,2H3,(H,24,25)/p-1/t15-,16-,17-,18+,21+/m0/s1. The van der Waals surface area contributed by atoms with Gasteiger partial charge in [0.25, 0.3) is 0 Å². The topological polar surface area (TPSA) is 69.7 Å². The fourth-order valence-electron chi connectivity index (χ4n) is 4.75. The third-order valence-corrected chi connectivity index (χ3v) is 5.83. The first-order valence-electron chi connectivity index (χ1n) is 9.01. The van der Waals surface area contributed by atoms with Gasteiger partial charge in [0.2, 0.25) is 5.91 Å². The maximum absolute atomic E-state index is 13.2. The van der Waals surface area contributed by atoms with E-state index in [2.05, 4.69) is 6.58 Å². The molecular formula is C21H22NO4-. The van der Waals surface area contributed by atoms with Crippen LogP contribution in [0.5, 0.6) is 0 Å². The molecule has 5 heteroatoms. The number of likely N-dealkylation sites (tertiary alicyclic amines) is 1. The minimum absolute atomic E-state index is 0.145. The van der Waals surface area contributed by atoms with Crippen molar-refractivity contribution < 1.29 is 19.4 Å². The molecule has 0 N–H and O–H groups in total. The number of hydrogen-bond donors (Lipinski definition) is 0. The molecule has 3 heterocycles. The van der Waals surface area contributed by atoms with Crippen molar-refractivity contribution in [2.45, 2.75) is 37.5 Å². The van der Waals surface area contributed by atoms with Gasteiger partial charge >= 0.3 is 0 Å². The van der Waals surface area contributed by atoms with E-state index < -0.39 is 29.5 Å². The Bertz CT molecular complexity index is 786. The van der Waals surface area contributed by atoms with Gasteiger partial charge in [-0.2, -0.15) is 0 Å². The lowest BCUT2D eigenvalue weighted by atomic mass is 9.74. The molecule has 3 aliphatic rings. The zero-order valence-electron chi connectivity index (χ0n) is 14.8. The van der Waals surface area contributed by atoms with Crippen LogP contribution >= 0.6 is 0 Å². The van der Waals surface area contributed by atoms with Gasteiger partial charge in [-0.25, -0.2) is 0 Å². The first kappa shape index (κ1) is 17.0. The second kappa shape index (κ2) is 6.09. The fraction of sp³-hybridized carbons (Fsp3) is 0.429. The summed E-state index contributed by atoms with van der Waals surface area (Å²) in [5.41, 5.74) is 1.21. The molecule has 5 atom stereocenters. The van der Waals surface area contributed by atoms with Crippen LogP contribution in [-0.2, 0) is 20.7 Å². The van der Waals surface area contributed by atoms with Gasteiger partial charge in [0.15, 0.2) is 0 Å². The van der Waals surface area contributed by atoms with Crippen molar-refractivity contribution in [1.29, 1.82) is 0 Å². The summed E-state index contributed by atoms with van der Waals surface area (Å²) in [5, 5.41) is 11.7. The Morgan fingerprint density at radius 2 is 2.08 bits per heavy atom. The molecule has 0 unspecified atom stereocenters. The monoisotopic (exact) mass is 352 g/mol. The maximum atomic E-state index is 13.2. The zero-order valence-corrected chi connectivity index (χ0v) is 14.8. The van der Waals surface area contributed by atoms with E-state index in [4.69, 9.17) is 4.74 Å². The number of carbonyl (C=O) groups excluding carboxylic acids is 2. The molecule has 5 nitrogen and oxygen atoms in total. The summed E-state index contributed by atoms with van der Waals surface area (Å²) in [6, 6.07) is 9.73. The highest BCUT2D eigenvalue weighted by atomic mass is 16.5. The van der Waals surface area contributed by atoms with Crippen molar-refractivity contribution in [3.05, 3.63) is 60.2 Å². The number of aliphatic carboxylic acids is 1. The molecule has 1 aromatic rings. The van der Waals surface area contributed by atoms with Crippen molar-refractivity contribution >= 4 is 11.9 Å². The zero-order chi connectivity index (χ0) is 18.5. The highest BCUT2D eigenvalue weighted by molar-refractivity contribution is 5.91. The average Bonchev–Trinajstić information content (AvgIpc) is 3.24. The van der Waals surface area contributed by atoms with Crippen LogP contribution in [0.15, 0.2) is 54.6 Å². The van der Waals surface area contributed by atoms with Crippen LogP contribution in [-0.4, -0.2) is 41.1 Å². The Kier molecular flexibility index (Phi) is 3.99. The van der Waals surface area contributed by atoms with Crippen molar-refractivity contribution in [1.82, 2.24) is 4.90 Å². The summed E-state index contributed by atoms with van der Waals surface area (Å²) in [6.07, 6.45) is 4.41. The molecule has 26 heavy (non-hydrogen) atoms. The highest BCUT2D eigenvalue weighted by Gasteiger charge is 2.69. The number of carboxylic acid groups (broad SMARTS) is 1. The molecule has 0 aliphatic carbocycles. The van der Waals surface area contributed by atoms with Crippen LogP contribution in [0, 0.1) is 11.8 Å². The molecule has 1 aromatic carbocycles. The van der Waals surface area contributed by atoms with E-state index >= 15 is 0 Å². The lowest BCUT2D eigenvalue weighted by molar-refractivity contribution is -0.313. The average molecular weight is 352 g/mol. The SMILES string of the molecule is C=C(C)C[C@@H]1N(CCc2ccccc2)C(=O)[C@H]2[C@@H](C(=O)[O-])[C@@H]3C=C[C@@]12O3. The van der Waals surface area contributed by atoms with E-state index in [0.717, 1.165) is 11.1 Å². The quantitative estimate of drug-likeness (QED) is 0.719. The molecule has 1 amide bonds. The molecule has 3 aliphatic heterocycles. The minimum Gasteiger partial charge on any atom is -0.550 e. The molecule has 0 radical (unpaired) electrons. The maximum Gasteiger partial charge on any atom is 0.230 e. The van der Waals surface area contributed by atoms with E-state index in [9.17, 15) is 14.7 Å². The van der Waals surface area contributed by atoms with Gasteiger partial charge in [-0.1, -0.05) is 48.1 Å². The number of hydrogen-bond acceptors (Lipinski definition) is 4. The van der Waals surface area contributed by atoms with Gasteiger partial charge in [-0.05, 0) is 25.3 Å². The molecule has 136 valence electrons. The van der Waals surface area contributed by atoms with Crippen molar-refractivity contribution in [2.24, 2.45) is 11.8 Å². The fourth-order valence-corrected chi connectivity index (χ4v) is 4.75. The van der Waals surface area contributed by atoms with Gasteiger partial charge < -0.3 is 19.5 Å². The Labute approximate surface area is 152 Å². The number of fused-ring (bicyclic) bond motifs is 1. The van der Waals surface area contributed by atoms with Crippen molar-refractivity contribution in [2.75, 3.05) is 6.54 Å². The summed E-state index contributed by atoms with van der Waals surface area (Å²) in [4.78, 5) is 26.7. The number of nitrogens with zero attached hydrogens (tertiary/aromatic N) is 1. The summed E-state index contributed by atoms with van der Waals surface area (Å²) in [6.45, 7) is 6.45. The van der Waals surface area contributed by atoms with E-state index in [1.165, 1.54) is 0 Å². The van der Waals surface area contributed by atoms with Crippen molar-refractivity contribution in [3.63, 3.8) is 0 Å². The largest absolute Gasteiger partial charge is 0.550 e. The van der Waals surface area contributed by atoms with Gasteiger partial charge in [-0.3, -0.25) is 4.79 Å². The van der Waals surface area contributed by atoms with Gasteiger partial charge in [-0.15, -0.1) is 6.58 Å². The molecule has 2 bridgehead atoms. The summed E-state index contributed by atoms with van der Waals surface area (Å²) in [5.74, 6) is -2.98. The third kappa shape index (κ3) is 2.42. The predicted octanol–water partition coefficient (Wildman–Crippen LogP) is 1.10. The second-order valence-corrected chi connectivity index (χ2v) is 7.56. The highest BCUT2D eigenvalue weighted by Crippen LogP contribution is 2.55. The van der Waals surface area contributed by atoms with Gasteiger partial charge in [0, 0.05) is 18.4 Å². The molecule has 2 saturated heterocycles. The van der Waals surface area contributed by atoms with E-state index in [1.54, 1.807) is 11.0 Å². The van der Waals surface area contributed by atoms with Crippen LogP contribution < -0.4 is 5.11 Å². The number of carbonyl (C=O) groups is 2. The van der Waals surface area contributed by atoms with Crippen LogP contribution in [0.1, 0.15) is 18.9 Å². The number of benzene rings is 1. The van der Waals surface area contributed by atoms with Gasteiger partial charge in [0.05, 0.1) is 18.1 Å². The van der Waals surface area contributed by atoms with E-state index in [1.807, 2.05) is 43.3 Å². The van der Waals surface area contributed by atoms with Crippen LogP contribution in [0.2, 0.25) is 0 Å². The lowest BCUT2D eigenvalue weighted by Crippen LogP contribution is -2.46. The number of amides is 1. The Morgan fingerprint density at radius 1 is 1.35 bits per heavy atom. The molecule has 0 aromatic heterocycles. The van der Waals surface area contributed by atoms with Crippen LogP contribution in [0.4, 0.5) is 0 Å². The molecule has 2 fully saturated rings. The second-order valence-electron chi connectivity index (χ2n) is 7.56. The number of carboxylic acids is 1. The molecule has 0 saturated carbocycles. The summed E-state index contributed by atoms with van der Waals surface area (Å²) >= 11 is 0. The normalized spacial score (nSPS) is 34.3. The molecular weight excluding hydrogens is 330 g/mol. The first-order chi connectivity index (χ1) is 12.4.